The summed E-state index contributed by atoms with van der Waals surface area (Å²) in [4.78, 5) is 20.9. The lowest BCUT2D eigenvalue weighted by Crippen LogP contribution is -2.44. The Morgan fingerprint density at radius 1 is 1.30 bits per heavy atom. The van der Waals surface area contributed by atoms with Crippen molar-refractivity contribution in [3.8, 4) is 0 Å². The fourth-order valence-electron chi connectivity index (χ4n) is 3.59. The maximum atomic E-state index is 12.3. The molecule has 2 aliphatic heterocycles. The van der Waals surface area contributed by atoms with Gasteiger partial charge in [-0.25, -0.2) is 0 Å². The lowest BCUT2D eigenvalue weighted by molar-refractivity contribution is -0.132. The van der Waals surface area contributed by atoms with Gasteiger partial charge in [0.25, 0.3) is 0 Å². The largest absolute Gasteiger partial charge is 0.342 e. The number of carbonyl (C=O) groups is 1. The van der Waals surface area contributed by atoms with Gasteiger partial charge in [0.1, 0.15) is 0 Å². The molecule has 4 nitrogen and oxygen atoms in total. The fraction of sp³-hybridized carbons (Fsp3) is 0.625. The quantitative estimate of drug-likeness (QED) is 0.820. The molecule has 0 aromatic carbocycles. The van der Waals surface area contributed by atoms with Crippen molar-refractivity contribution in [2.45, 2.75) is 25.7 Å². The summed E-state index contributed by atoms with van der Waals surface area (Å²) in [5.74, 6) is 0.249. The van der Waals surface area contributed by atoms with Crippen LogP contribution in [0.25, 0.3) is 0 Å². The average molecular weight is 273 g/mol. The van der Waals surface area contributed by atoms with E-state index in [-0.39, 0.29) is 5.91 Å². The second-order valence-corrected chi connectivity index (χ2v) is 6.41. The highest BCUT2D eigenvalue weighted by molar-refractivity contribution is 5.78. The Hall–Kier alpha value is -1.42. The third-order valence-corrected chi connectivity index (χ3v) is 4.88. The van der Waals surface area contributed by atoms with Gasteiger partial charge in [-0.05, 0) is 49.9 Å². The Bertz CT molecular complexity index is 466. The smallest absolute Gasteiger partial charge is 0.227 e. The molecule has 0 radical (unpaired) electrons. The van der Waals surface area contributed by atoms with Crippen molar-refractivity contribution < 1.29 is 4.79 Å². The number of hydrogen-bond acceptors (Lipinski definition) is 3. The molecule has 108 valence electrons. The second-order valence-electron chi connectivity index (χ2n) is 6.41. The van der Waals surface area contributed by atoms with Crippen molar-refractivity contribution in [3.05, 3.63) is 30.1 Å². The number of rotatable bonds is 2. The molecule has 2 saturated heterocycles. The van der Waals surface area contributed by atoms with Gasteiger partial charge in [-0.3, -0.25) is 9.78 Å². The van der Waals surface area contributed by atoms with E-state index >= 15 is 0 Å². The van der Waals surface area contributed by atoms with Crippen molar-refractivity contribution in [1.29, 1.82) is 0 Å². The maximum Gasteiger partial charge on any atom is 0.227 e. The van der Waals surface area contributed by atoms with Crippen molar-refractivity contribution in [2.75, 3.05) is 33.2 Å². The van der Waals surface area contributed by atoms with E-state index < -0.39 is 0 Å². The number of piperidine rings is 1. The topological polar surface area (TPSA) is 36.4 Å². The lowest BCUT2D eigenvalue weighted by Gasteiger charge is -2.39. The summed E-state index contributed by atoms with van der Waals surface area (Å²) in [6.07, 6.45) is 7.64. The minimum atomic E-state index is 0.249. The number of hydrogen-bond donors (Lipinski definition) is 0. The Morgan fingerprint density at radius 3 is 2.65 bits per heavy atom. The molecule has 0 aliphatic carbocycles. The summed E-state index contributed by atoms with van der Waals surface area (Å²) < 4.78 is 0. The molecule has 1 amide bonds. The number of likely N-dealkylation sites (tertiary alicyclic amines) is 2. The third-order valence-electron chi connectivity index (χ3n) is 4.88. The summed E-state index contributed by atoms with van der Waals surface area (Å²) in [6, 6.07) is 3.87. The Labute approximate surface area is 120 Å². The van der Waals surface area contributed by atoms with Gasteiger partial charge in [-0.2, -0.15) is 0 Å². The lowest BCUT2D eigenvalue weighted by atomic mass is 9.77. The molecular weight excluding hydrogens is 250 g/mol. The van der Waals surface area contributed by atoms with Gasteiger partial charge >= 0.3 is 0 Å². The van der Waals surface area contributed by atoms with E-state index in [4.69, 9.17) is 0 Å². The Morgan fingerprint density at radius 2 is 2.05 bits per heavy atom. The molecule has 0 unspecified atom stereocenters. The molecule has 0 saturated carbocycles. The van der Waals surface area contributed by atoms with E-state index in [0.29, 0.717) is 11.8 Å². The van der Waals surface area contributed by atoms with Gasteiger partial charge in [0, 0.05) is 32.0 Å². The molecule has 2 fully saturated rings. The van der Waals surface area contributed by atoms with Gasteiger partial charge in [-0.1, -0.05) is 6.07 Å². The number of pyridine rings is 1. The molecule has 1 aromatic rings. The van der Waals surface area contributed by atoms with E-state index in [9.17, 15) is 4.79 Å². The van der Waals surface area contributed by atoms with Crippen molar-refractivity contribution in [3.63, 3.8) is 0 Å². The van der Waals surface area contributed by atoms with Gasteiger partial charge in [0.15, 0.2) is 0 Å². The van der Waals surface area contributed by atoms with Gasteiger partial charge < -0.3 is 9.80 Å². The van der Waals surface area contributed by atoms with Gasteiger partial charge in [-0.15, -0.1) is 0 Å². The molecule has 2 aliphatic rings. The van der Waals surface area contributed by atoms with Crippen LogP contribution >= 0.6 is 0 Å². The highest BCUT2D eigenvalue weighted by Crippen LogP contribution is 2.39. The van der Waals surface area contributed by atoms with Crippen LogP contribution in [-0.2, 0) is 11.2 Å². The summed E-state index contributed by atoms with van der Waals surface area (Å²) in [7, 11) is 2.20. The average Bonchev–Trinajstić information content (AvgIpc) is 2.81. The summed E-state index contributed by atoms with van der Waals surface area (Å²) >= 11 is 0. The van der Waals surface area contributed by atoms with Crippen molar-refractivity contribution in [2.24, 2.45) is 5.41 Å². The zero-order chi connectivity index (χ0) is 14.0. The van der Waals surface area contributed by atoms with E-state index in [1.807, 2.05) is 17.0 Å². The predicted octanol–water partition coefficient (Wildman–Crippen LogP) is 1.57. The van der Waals surface area contributed by atoms with Crippen LogP contribution in [0, 0.1) is 5.41 Å². The molecule has 1 spiro atoms. The van der Waals surface area contributed by atoms with Crippen LogP contribution in [-0.4, -0.2) is 53.9 Å². The molecule has 1 aromatic heterocycles. The monoisotopic (exact) mass is 273 g/mol. The molecule has 0 bridgehead atoms. The second kappa shape index (κ2) is 5.52. The van der Waals surface area contributed by atoms with Gasteiger partial charge in [0.2, 0.25) is 5.91 Å². The molecule has 3 rings (SSSR count). The SMILES string of the molecule is CN1CCC2(CCN(C(=O)Cc3cccnc3)CC2)C1. The molecule has 4 heteroatoms. The van der Waals surface area contributed by atoms with Crippen LogP contribution < -0.4 is 0 Å². The number of amides is 1. The first-order valence-corrected chi connectivity index (χ1v) is 7.52. The van der Waals surface area contributed by atoms with Crippen LogP contribution in [0.5, 0.6) is 0 Å². The first-order chi connectivity index (χ1) is 9.67. The molecule has 0 N–H and O–H groups in total. The number of nitrogens with zero attached hydrogens (tertiary/aromatic N) is 3. The van der Waals surface area contributed by atoms with Crippen molar-refractivity contribution >= 4 is 5.91 Å². The fourth-order valence-corrected chi connectivity index (χ4v) is 3.59. The van der Waals surface area contributed by atoms with Crippen LogP contribution in [0.2, 0.25) is 0 Å². The first kappa shape index (κ1) is 13.6. The highest BCUT2D eigenvalue weighted by atomic mass is 16.2. The van der Waals surface area contributed by atoms with E-state index in [2.05, 4.69) is 16.9 Å². The first-order valence-electron chi connectivity index (χ1n) is 7.52. The highest BCUT2D eigenvalue weighted by Gasteiger charge is 2.39. The van der Waals surface area contributed by atoms with Crippen LogP contribution in [0.4, 0.5) is 0 Å². The zero-order valence-corrected chi connectivity index (χ0v) is 12.2. The molecule has 20 heavy (non-hydrogen) atoms. The summed E-state index contributed by atoms with van der Waals surface area (Å²) in [6.45, 7) is 4.27. The summed E-state index contributed by atoms with van der Waals surface area (Å²) in [5.41, 5.74) is 1.50. The van der Waals surface area contributed by atoms with Crippen molar-refractivity contribution in [1.82, 2.24) is 14.8 Å². The zero-order valence-electron chi connectivity index (χ0n) is 12.2. The molecule has 3 heterocycles. The van der Waals surface area contributed by atoms with E-state index in [1.165, 1.54) is 19.5 Å². The van der Waals surface area contributed by atoms with Gasteiger partial charge in [0.05, 0.1) is 6.42 Å². The number of aromatic nitrogens is 1. The van der Waals surface area contributed by atoms with Crippen LogP contribution in [0.15, 0.2) is 24.5 Å². The minimum absolute atomic E-state index is 0.249. The molecular formula is C16H23N3O. The third kappa shape index (κ3) is 2.85. The standard InChI is InChI=1S/C16H23N3O/c1-18-8-4-16(13-18)5-9-19(10-6-16)15(20)11-14-3-2-7-17-12-14/h2-3,7,12H,4-6,8-11,13H2,1H3. The number of carbonyl (C=O) groups excluding carboxylic acids is 1. The van der Waals surface area contributed by atoms with Crippen LogP contribution in [0.1, 0.15) is 24.8 Å². The van der Waals surface area contributed by atoms with E-state index in [0.717, 1.165) is 31.5 Å². The Kier molecular flexibility index (Phi) is 3.74. The molecule has 0 atom stereocenters. The normalized spacial score (nSPS) is 22.4. The maximum absolute atomic E-state index is 12.3. The van der Waals surface area contributed by atoms with E-state index in [1.54, 1.807) is 12.4 Å². The summed E-state index contributed by atoms with van der Waals surface area (Å²) in [5, 5.41) is 0. The minimum Gasteiger partial charge on any atom is -0.342 e. The predicted molar refractivity (Wildman–Crippen MR) is 78.3 cm³/mol. The Balaban J connectivity index is 1.54. The van der Waals surface area contributed by atoms with Crippen LogP contribution in [0.3, 0.4) is 0 Å².